The van der Waals surface area contributed by atoms with E-state index in [1.54, 1.807) is 54.6 Å². The van der Waals surface area contributed by atoms with Crippen molar-refractivity contribution in [3.05, 3.63) is 94.5 Å². The third-order valence-corrected chi connectivity index (χ3v) is 4.56. The number of nitrogens with one attached hydrogen (secondary N) is 2. The minimum Gasteiger partial charge on any atom is -0.484 e. The van der Waals surface area contributed by atoms with E-state index in [1.807, 2.05) is 31.2 Å². The van der Waals surface area contributed by atoms with E-state index in [2.05, 4.69) is 10.6 Å². The van der Waals surface area contributed by atoms with Gasteiger partial charge in [-0.25, -0.2) is 0 Å². The van der Waals surface area contributed by atoms with Crippen LogP contribution in [0.5, 0.6) is 5.75 Å². The minimum atomic E-state index is -0.508. The second kappa shape index (κ2) is 10.8. The molecule has 0 aliphatic carbocycles. The molecule has 3 aromatic carbocycles. The second-order valence-electron chi connectivity index (χ2n) is 6.91. The summed E-state index contributed by atoms with van der Waals surface area (Å²) in [5.74, 6) is -0.406. The van der Waals surface area contributed by atoms with Crippen molar-refractivity contribution in [2.45, 2.75) is 6.92 Å². The van der Waals surface area contributed by atoms with E-state index < -0.39 is 5.91 Å². The maximum atomic E-state index is 12.5. The number of ether oxygens (including phenoxy) is 1. The minimum absolute atomic E-state index is 0.0517. The number of carbonyl (C=O) groups is 2. The lowest BCUT2D eigenvalue weighted by Gasteiger charge is -2.08. The fourth-order valence-electron chi connectivity index (χ4n) is 2.81. The standard InChI is InChI=1S/C25H20ClN3O3/c1-17-4-2-6-22(12-17)29-25(31)19(15-27)13-18-5-3-7-23(14-18)32-16-24(30)28-21-10-8-20(26)9-11-21/h2-14H,16H2,1H3,(H,28,30)(H,29,31)/b19-13-. The van der Waals surface area contributed by atoms with E-state index in [0.717, 1.165) is 5.56 Å². The van der Waals surface area contributed by atoms with Crippen LogP contribution in [0.25, 0.3) is 6.08 Å². The number of hydrogen-bond donors (Lipinski definition) is 2. The van der Waals surface area contributed by atoms with Gasteiger partial charge in [0.2, 0.25) is 0 Å². The fourth-order valence-corrected chi connectivity index (χ4v) is 2.94. The maximum Gasteiger partial charge on any atom is 0.266 e. The second-order valence-corrected chi connectivity index (χ2v) is 7.35. The van der Waals surface area contributed by atoms with Crippen molar-refractivity contribution >= 4 is 40.9 Å². The summed E-state index contributed by atoms with van der Waals surface area (Å²) in [4.78, 5) is 24.5. The molecular weight excluding hydrogens is 426 g/mol. The Balaban J connectivity index is 1.62. The first-order chi connectivity index (χ1) is 15.4. The van der Waals surface area contributed by atoms with Crippen molar-refractivity contribution in [3.63, 3.8) is 0 Å². The smallest absolute Gasteiger partial charge is 0.266 e. The highest BCUT2D eigenvalue weighted by Crippen LogP contribution is 2.18. The van der Waals surface area contributed by atoms with Crippen LogP contribution in [0.3, 0.4) is 0 Å². The zero-order valence-electron chi connectivity index (χ0n) is 17.3. The Kier molecular flexibility index (Phi) is 7.63. The maximum absolute atomic E-state index is 12.5. The van der Waals surface area contributed by atoms with Crippen molar-refractivity contribution in [1.82, 2.24) is 0 Å². The first kappa shape index (κ1) is 22.6. The Bertz CT molecular complexity index is 1200. The molecule has 32 heavy (non-hydrogen) atoms. The third-order valence-electron chi connectivity index (χ3n) is 4.31. The average molecular weight is 446 g/mol. The Labute approximate surface area is 191 Å². The van der Waals surface area contributed by atoms with Crippen LogP contribution in [0.4, 0.5) is 11.4 Å². The van der Waals surface area contributed by atoms with Gasteiger partial charge in [0.15, 0.2) is 6.61 Å². The van der Waals surface area contributed by atoms with Gasteiger partial charge in [0.25, 0.3) is 11.8 Å². The Hall–Kier alpha value is -4.08. The summed E-state index contributed by atoms with van der Waals surface area (Å²) in [6.45, 7) is 1.71. The van der Waals surface area contributed by atoms with Crippen molar-refractivity contribution in [2.24, 2.45) is 0 Å². The molecule has 6 nitrogen and oxygen atoms in total. The van der Waals surface area contributed by atoms with Gasteiger partial charge in [-0.2, -0.15) is 5.26 Å². The van der Waals surface area contributed by atoms with Gasteiger partial charge >= 0.3 is 0 Å². The summed E-state index contributed by atoms with van der Waals surface area (Å²) in [6.07, 6.45) is 1.46. The van der Waals surface area contributed by atoms with E-state index in [1.165, 1.54) is 6.08 Å². The number of nitriles is 1. The Morgan fingerprint density at radius 1 is 1.00 bits per heavy atom. The van der Waals surface area contributed by atoms with E-state index in [0.29, 0.717) is 27.7 Å². The third kappa shape index (κ3) is 6.73. The molecule has 0 unspecified atom stereocenters. The molecule has 160 valence electrons. The van der Waals surface area contributed by atoms with Crippen LogP contribution in [0, 0.1) is 18.3 Å². The summed E-state index contributed by atoms with van der Waals surface area (Å²) in [5.41, 5.74) is 2.76. The van der Waals surface area contributed by atoms with Crippen molar-refractivity contribution in [1.29, 1.82) is 5.26 Å². The molecule has 0 saturated carbocycles. The van der Waals surface area contributed by atoms with E-state index in [4.69, 9.17) is 16.3 Å². The molecule has 7 heteroatoms. The first-order valence-electron chi connectivity index (χ1n) is 9.71. The molecular formula is C25H20ClN3O3. The number of aryl methyl sites for hydroxylation is 1. The molecule has 2 amide bonds. The van der Waals surface area contributed by atoms with Gasteiger partial charge in [0.05, 0.1) is 0 Å². The zero-order valence-corrected chi connectivity index (χ0v) is 18.0. The molecule has 3 aromatic rings. The molecule has 0 heterocycles. The van der Waals surface area contributed by atoms with Crippen molar-refractivity contribution < 1.29 is 14.3 Å². The molecule has 3 rings (SSSR count). The highest BCUT2D eigenvalue weighted by atomic mass is 35.5. The van der Waals surface area contributed by atoms with Gasteiger partial charge in [0.1, 0.15) is 17.4 Å². The largest absolute Gasteiger partial charge is 0.484 e. The van der Waals surface area contributed by atoms with Crippen LogP contribution >= 0.6 is 11.6 Å². The number of amides is 2. The van der Waals surface area contributed by atoms with Gasteiger partial charge in [0, 0.05) is 16.4 Å². The van der Waals surface area contributed by atoms with Gasteiger partial charge in [-0.3, -0.25) is 9.59 Å². The molecule has 0 fully saturated rings. The van der Waals surface area contributed by atoms with Crippen LogP contribution in [0.2, 0.25) is 5.02 Å². The highest BCUT2D eigenvalue weighted by Gasteiger charge is 2.10. The van der Waals surface area contributed by atoms with Crippen LogP contribution in [-0.2, 0) is 9.59 Å². The van der Waals surface area contributed by atoms with Crippen LogP contribution in [0.15, 0.2) is 78.4 Å². The monoisotopic (exact) mass is 445 g/mol. The van der Waals surface area contributed by atoms with E-state index >= 15 is 0 Å². The van der Waals surface area contributed by atoms with Gasteiger partial charge in [-0.15, -0.1) is 0 Å². The van der Waals surface area contributed by atoms with Crippen LogP contribution in [0.1, 0.15) is 11.1 Å². The molecule has 0 radical (unpaired) electrons. The molecule has 0 saturated heterocycles. The lowest BCUT2D eigenvalue weighted by Crippen LogP contribution is -2.20. The number of carbonyl (C=O) groups excluding carboxylic acids is 2. The fraction of sp³-hybridized carbons (Fsp3) is 0.0800. The molecule has 0 aliphatic heterocycles. The summed E-state index contributed by atoms with van der Waals surface area (Å²) in [7, 11) is 0. The molecule has 0 aliphatic rings. The predicted molar refractivity (Wildman–Crippen MR) is 125 cm³/mol. The summed E-state index contributed by atoms with van der Waals surface area (Å²) in [6, 6.07) is 22.7. The average Bonchev–Trinajstić information content (AvgIpc) is 2.78. The number of benzene rings is 3. The zero-order chi connectivity index (χ0) is 22.9. The van der Waals surface area contributed by atoms with Gasteiger partial charge in [-0.1, -0.05) is 35.9 Å². The van der Waals surface area contributed by atoms with E-state index in [9.17, 15) is 14.9 Å². The van der Waals surface area contributed by atoms with E-state index in [-0.39, 0.29) is 18.1 Å². The number of halogens is 1. The number of rotatable bonds is 7. The summed E-state index contributed by atoms with van der Waals surface area (Å²) < 4.78 is 5.54. The lowest BCUT2D eigenvalue weighted by atomic mass is 10.1. The topological polar surface area (TPSA) is 91.2 Å². The summed E-state index contributed by atoms with van der Waals surface area (Å²) >= 11 is 5.83. The number of anilines is 2. The number of nitrogens with zero attached hydrogens (tertiary/aromatic N) is 1. The quantitative estimate of drug-likeness (QED) is 0.385. The van der Waals surface area contributed by atoms with Crippen molar-refractivity contribution in [3.8, 4) is 11.8 Å². The van der Waals surface area contributed by atoms with Crippen LogP contribution in [-0.4, -0.2) is 18.4 Å². The molecule has 2 N–H and O–H groups in total. The molecule has 0 atom stereocenters. The molecule has 0 aromatic heterocycles. The lowest BCUT2D eigenvalue weighted by molar-refractivity contribution is -0.118. The van der Waals surface area contributed by atoms with Gasteiger partial charge in [-0.05, 0) is 72.7 Å². The Morgan fingerprint density at radius 3 is 2.47 bits per heavy atom. The normalized spacial score (nSPS) is 10.7. The summed E-state index contributed by atoms with van der Waals surface area (Å²) in [5, 5.41) is 15.4. The predicted octanol–water partition coefficient (Wildman–Crippen LogP) is 5.21. The molecule has 0 spiro atoms. The van der Waals surface area contributed by atoms with Crippen LogP contribution < -0.4 is 15.4 Å². The van der Waals surface area contributed by atoms with Crippen molar-refractivity contribution in [2.75, 3.05) is 17.2 Å². The van der Waals surface area contributed by atoms with Gasteiger partial charge < -0.3 is 15.4 Å². The Morgan fingerprint density at radius 2 is 1.75 bits per heavy atom. The SMILES string of the molecule is Cc1cccc(NC(=O)/C(C#N)=C\c2cccc(OCC(=O)Nc3ccc(Cl)cc3)c2)c1. The first-order valence-corrected chi connectivity index (χ1v) is 10.1. The number of hydrogen-bond acceptors (Lipinski definition) is 4. The molecule has 0 bridgehead atoms. The highest BCUT2D eigenvalue weighted by molar-refractivity contribution is 6.30.